The first-order chi connectivity index (χ1) is 8.02. The third-order valence-corrected chi connectivity index (χ3v) is 3.93. The fourth-order valence-electron chi connectivity index (χ4n) is 1.64. The van der Waals surface area contributed by atoms with Gasteiger partial charge in [0.1, 0.15) is 0 Å². The molecule has 3 unspecified atom stereocenters. The molecule has 94 valence electrons. The predicted molar refractivity (Wildman–Crippen MR) is 66.1 cm³/mol. The van der Waals surface area contributed by atoms with Crippen molar-refractivity contribution >= 4 is 17.0 Å². The molecule has 0 fully saturated rings. The second kappa shape index (κ2) is 6.51. The molecular formula is C12H16O4S. The Balaban J connectivity index is 2.63. The summed E-state index contributed by atoms with van der Waals surface area (Å²) in [6.07, 6.45) is 0.996. The van der Waals surface area contributed by atoms with Gasteiger partial charge in [-0.1, -0.05) is 37.3 Å². The van der Waals surface area contributed by atoms with E-state index >= 15 is 0 Å². The first-order valence-corrected chi connectivity index (χ1v) is 6.55. The summed E-state index contributed by atoms with van der Waals surface area (Å²) in [6, 6.07) is 9.51. The highest BCUT2D eigenvalue weighted by atomic mass is 32.2. The molecule has 17 heavy (non-hydrogen) atoms. The Morgan fingerprint density at radius 3 is 2.41 bits per heavy atom. The summed E-state index contributed by atoms with van der Waals surface area (Å²) >= 11 is -2.11. The van der Waals surface area contributed by atoms with Gasteiger partial charge in [0, 0.05) is 0 Å². The molecule has 1 rings (SSSR count). The topological polar surface area (TPSA) is 74.6 Å². The molecule has 2 N–H and O–H groups in total. The van der Waals surface area contributed by atoms with Crippen molar-refractivity contribution < 1.29 is 18.7 Å². The summed E-state index contributed by atoms with van der Waals surface area (Å²) in [5.41, 5.74) is 1.04. The number of carboxylic acid groups (broad SMARTS) is 1. The zero-order valence-electron chi connectivity index (χ0n) is 9.57. The number of aliphatic carboxylic acids is 1. The fraction of sp³-hybridized carbons (Fsp3) is 0.417. The van der Waals surface area contributed by atoms with Crippen LogP contribution in [0, 0.1) is 5.92 Å². The minimum atomic E-state index is -2.11. The largest absolute Gasteiger partial charge is 0.481 e. The highest BCUT2D eigenvalue weighted by molar-refractivity contribution is 7.79. The van der Waals surface area contributed by atoms with Crippen LogP contribution in [0.3, 0.4) is 0 Å². The van der Waals surface area contributed by atoms with Gasteiger partial charge >= 0.3 is 5.97 Å². The average Bonchev–Trinajstić information content (AvgIpc) is 2.29. The van der Waals surface area contributed by atoms with Gasteiger partial charge < -0.3 is 9.66 Å². The Bertz CT molecular complexity index is 391. The number of aryl methyl sites for hydroxylation is 1. The summed E-state index contributed by atoms with van der Waals surface area (Å²) in [6.45, 7) is 1.46. The maximum atomic E-state index is 11.1. The molecule has 0 amide bonds. The second-order valence-electron chi connectivity index (χ2n) is 3.97. The zero-order chi connectivity index (χ0) is 12.8. The number of rotatable bonds is 6. The van der Waals surface area contributed by atoms with Crippen molar-refractivity contribution in [3.05, 3.63) is 35.9 Å². The van der Waals surface area contributed by atoms with E-state index in [-0.39, 0.29) is 0 Å². The second-order valence-corrected chi connectivity index (χ2v) is 5.12. The number of hydrogen-bond acceptors (Lipinski definition) is 2. The van der Waals surface area contributed by atoms with E-state index in [1.165, 1.54) is 6.92 Å². The van der Waals surface area contributed by atoms with Crippen molar-refractivity contribution in [3.63, 3.8) is 0 Å². The summed E-state index contributed by atoms with van der Waals surface area (Å²) in [5, 5.41) is 8.12. The van der Waals surface area contributed by atoms with Gasteiger partial charge in [-0.3, -0.25) is 4.79 Å². The number of hydrogen-bond donors (Lipinski definition) is 2. The smallest absolute Gasteiger partial charge is 0.307 e. The molecule has 3 atom stereocenters. The van der Waals surface area contributed by atoms with Crippen molar-refractivity contribution in [3.8, 4) is 0 Å². The fourth-order valence-corrected chi connectivity index (χ4v) is 2.42. The van der Waals surface area contributed by atoms with E-state index in [1.807, 2.05) is 30.3 Å². The molecule has 0 bridgehead atoms. The summed E-state index contributed by atoms with van der Waals surface area (Å²) < 4.78 is 20.2. The molecule has 0 aliphatic carbocycles. The number of carboxylic acids is 1. The van der Waals surface area contributed by atoms with Crippen LogP contribution < -0.4 is 0 Å². The standard InChI is InChI=1S/C12H16O4S/c1-9(12(13)14)11(17(15)16)8-7-10-5-3-2-4-6-10/h2-6,9,11H,7-8H2,1H3,(H,13,14)(H,15,16). The van der Waals surface area contributed by atoms with E-state index in [0.717, 1.165) is 5.56 Å². The lowest BCUT2D eigenvalue weighted by Crippen LogP contribution is -2.30. The van der Waals surface area contributed by atoms with Crippen molar-refractivity contribution in [2.24, 2.45) is 5.92 Å². The van der Waals surface area contributed by atoms with Crippen LogP contribution >= 0.6 is 0 Å². The van der Waals surface area contributed by atoms with Gasteiger partial charge in [-0.15, -0.1) is 0 Å². The zero-order valence-corrected chi connectivity index (χ0v) is 10.4. The molecule has 0 aliphatic heterocycles. The molecule has 0 spiro atoms. The molecule has 4 nitrogen and oxygen atoms in total. The van der Waals surface area contributed by atoms with Crippen molar-refractivity contribution in [1.82, 2.24) is 0 Å². The highest BCUT2D eigenvalue weighted by Crippen LogP contribution is 2.16. The lowest BCUT2D eigenvalue weighted by molar-refractivity contribution is -0.141. The molecule has 0 saturated heterocycles. The maximum absolute atomic E-state index is 11.1. The lowest BCUT2D eigenvalue weighted by Gasteiger charge is -2.16. The molecule has 5 heteroatoms. The molecule has 0 aromatic heterocycles. The van der Waals surface area contributed by atoms with Crippen LogP contribution in [0.2, 0.25) is 0 Å². The van der Waals surface area contributed by atoms with Gasteiger partial charge in [0.2, 0.25) is 0 Å². The minimum Gasteiger partial charge on any atom is -0.481 e. The predicted octanol–water partition coefficient (Wildman–Crippen LogP) is 1.93. The van der Waals surface area contributed by atoms with Gasteiger partial charge in [-0.25, -0.2) is 4.21 Å². The first-order valence-electron chi connectivity index (χ1n) is 5.38. The maximum Gasteiger partial charge on any atom is 0.307 e. The van der Waals surface area contributed by atoms with Gasteiger partial charge in [0.25, 0.3) is 0 Å². The third kappa shape index (κ3) is 4.28. The average molecular weight is 256 g/mol. The van der Waals surface area contributed by atoms with Crippen LogP contribution in [-0.4, -0.2) is 25.1 Å². The minimum absolute atomic E-state index is 0.389. The van der Waals surface area contributed by atoms with Crippen LogP contribution in [-0.2, 0) is 22.3 Å². The monoisotopic (exact) mass is 256 g/mol. The Labute approximate surface area is 103 Å². The molecule has 1 aromatic carbocycles. The Morgan fingerprint density at radius 1 is 1.35 bits per heavy atom. The van der Waals surface area contributed by atoms with Crippen LogP contribution in [0.4, 0.5) is 0 Å². The van der Waals surface area contributed by atoms with Crippen molar-refractivity contribution in [2.75, 3.05) is 0 Å². The van der Waals surface area contributed by atoms with Gasteiger partial charge in [0.15, 0.2) is 11.1 Å². The third-order valence-electron chi connectivity index (χ3n) is 2.77. The normalized spacial score (nSPS) is 16.1. The van der Waals surface area contributed by atoms with E-state index in [9.17, 15) is 9.00 Å². The Hall–Kier alpha value is -1.20. The van der Waals surface area contributed by atoms with Crippen LogP contribution in [0.25, 0.3) is 0 Å². The number of benzene rings is 1. The Kier molecular flexibility index (Phi) is 5.31. The molecule has 0 aliphatic rings. The van der Waals surface area contributed by atoms with E-state index in [1.54, 1.807) is 0 Å². The molecule has 0 saturated carbocycles. The summed E-state index contributed by atoms with van der Waals surface area (Å²) in [4.78, 5) is 10.8. The van der Waals surface area contributed by atoms with Gasteiger partial charge in [0.05, 0.1) is 11.2 Å². The van der Waals surface area contributed by atoms with Gasteiger partial charge in [-0.05, 0) is 18.4 Å². The van der Waals surface area contributed by atoms with E-state index in [0.29, 0.717) is 12.8 Å². The molecular weight excluding hydrogens is 240 g/mol. The van der Waals surface area contributed by atoms with Crippen LogP contribution in [0.1, 0.15) is 18.9 Å². The SMILES string of the molecule is CC(C(=O)O)C(CCc1ccccc1)S(=O)O. The lowest BCUT2D eigenvalue weighted by atomic mass is 10.0. The van der Waals surface area contributed by atoms with Crippen LogP contribution in [0.5, 0.6) is 0 Å². The van der Waals surface area contributed by atoms with Gasteiger partial charge in [-0.2, -0.15) is 0 Å². The highest BCUT2D eigenvalue weighted by Gasteiger charge is 2.27. The summed E-state index contributed by atoms with van der Waals surface area (Å²) in [7, 11) is 0. The number of carbonyl (C=O) groups is 1. The first kappa shape index (κ1) is 13.9. The van der Waals surface area contributed by atoms with E-state index < -0.39 is 28.2 Å². The summed E-state index contributed by atoms with van der Waals surface area (Å²) in [5.74, 6) is -1.85. The molecule has 1 aromatic rings. The van der Waals surface area contributed by atoms with Crippen molar-refractivity contribution in [2.45, 2.75) is 25.0 Å². The van der Waals surface area contributed by atoms with E-state index in [4.69, 9.17) is 9.66 Å². The van der Waals surface area contributed by atoms with Crippen molar-refractivity contribution in [1.29, 1.82) is 0 Å². The molecule has 0 heterocycles. The molecule has 0 radical (unpaired) electrons. The van der Waals surface area contributed by atoms with E-state index in [2.05, 4.69) is 0 Å². The van der Waals surface area contributed by atoms with Crippen LogP contribution in [0.15, 0.2) is 30.3 Å². The Morgan fingerprint density at radius 2 is 1.94 bits per heavy atom. The quantitative estimate of drug-likeness (QED) is 0.763.